The summed E-state index contributed by atoms with van der Waals surface area (Å²) in [6.07, 6.45) is 4.87. The molecule has 0 saturated carbocycles. The minimum atomic E-state index is -0.178. The Morgan fingerprint density at radius 3 is 2.50 bits per heavy atom. The quantitative estimate of drug-likeness (QED) is 0.158. The van der Waals surface area contributed by atoms with Gasteiger partial charge in [-0.05, 0) is 64.9 Å². The summed E-state index contributed by atoms with van der Waals surface area (Å²) in [5.74, 6) is 0.547. The molecule has 1 aliphatic heterocycles. The number of halogens is 1. The van der Waals surface area contributed by atoms with Crippen LogP contribution in [0.5, 0.6) is 5.75 Å². The lowest BCUT2D eigenvalue weighted by Gasteiger charge is -2.12. The number of nitrogens with zero attached hydrogens (tertiary/aromatic N) is 3. The van der Waals surface area contributed by atoms with Crippen LogP contribution in [-0.2, 0) is 11.3 Å². The van der Waals surface area contributed by atoms with Crippen LogP contribution in [0.1, 0.15) is 16.9 Å². The summed E-state index contributed by atoms with van der Waals surface area (Å²) in [4.78, 5) is 15.4. The van der Waals surface area contributed by atoms with Crippen LogP contribution in [-0.4, -0.2) is 27.3 Å². The molecule has 0 atom stereocenters. The Hall–Kier alpha value is -3.88. The van der Waals surface area contributed by atoms with E-state index in [1.165, 1.54) is 22.9 Å². The molecule has 1 amide bonds. The van der Waals surface area contributed by atoms with Gasteiger partial charge in [-0.25, -0.2) is 0 Å². The molecule has 1 aliphatic rings. The van der Waals surface area contributed by atoms with Crippen LogP contribution in [0.15, 0.2) is 115 Å². The summed E-state index contributed by atoms with van der Waals surface area (Å²) < 4.78 is 6.26. The highest BCUT2D eigenvalue weighted by Crippen LogP contribution is 2.34. The first-order valence-corrected chi connectivity index (χ1v) is 12.7. The highest BCUT2D eigenvalue weighted by molar-refractivity contribution is 9.10. The normalized spacial score (nSPS) is 16.0. The van der Waals surface area contributed by atoms with Gasteiger partial charge in [0, 0.05) is 10.0 Å². The van der Waals surface area contributed by atoms with Gasteiger partial charge in [-0.1, -0.05) is 70.5 Å². The molecule has 8 heteroatoms. The SMILES string of the molecule is O=C1/C(=C/c2ccc(-c3ccccc3)cc2)S/C(=N\N=C\c2cc(Br)ccc2O)N1Cc1ccco1. The van der Waals surface area contributed by atoms with E-state index in [2.05, 4.69) is 38.3 Å². The molecular formula is C28H20BrN3O3S. The second-order valence-corrected chi connectivity index (χ2v) is 9.82. The summed E-state index contributed by atoms with van der Waals surface area (Å²) in [6.45, 7) is 0.236. The molecule has 178 valence electrons. The van der Waals surface area contributed by atoms with Gasteiger partial charge in [0.05, 0.1) is 23.9 Å². The smallest absolute Gasteiger partial charge is 0.267 e. The molecule has 0 bridgehead atoms. The lowest BCUT2D eigenvalue weighted by Crippen LogP contribution is -2.28. The Kier molecular flexibility index (Phi) is 7.16. The monoisotopic (exact) mass is 557 g/mol. The van der Waals surface area contributed by atoms with E-state index in [0.29, 0.717) is 21.4 Å². The number of hydrogen-bond acceptors (Lipinski definition) is 6. The number of amidine groups is 1. The minimum absolute atomic E-state index is 0.0873. The molecule has 5 rings (SSSR count). The Bertz CT molecular complexity index is 1460. The van der Waals surface area contributed by atoms with Gasteiger partial charge in [0.1, 0.15) is 11.5 Å². The van der Waals surface area contributed by atoms with E-state index >= 15 is 0 Å². The molecule has 36 heavy (non-hydrogen) atoms. The predicted molar refractivity (Wildman–Crippen MR) is 148 cm³/mol. The summed E-state index contributed by atoms with van der Waals surface area (Å²) in [5.41, 5.74) is 3.66. The Labute approximate surface area is 220 Å². The lowest BCUT2D eigenvalue weighted by atomic mass is 10.0. The van der Waals surface area contributed by atoms with Crippen LogP contribution in [0.2, 0.25) is 0 Å². The zero-order chi connectivity index (χ0) is 24.9. The Balaban J connectivity index is 1.41. The molecule has 0 unspecified atom stereocenters. The highest BCUT2D eigenvalue weighted by Gasteiger charge is 2.34. The van der Waals surface area contributed by atoms with E-state index < -0.39 is 0 Å². The van der Waals surface area contributed by atoms with E-state index in [1.54, 1.807) is 30.5 Å². The fourth-order valence-corrected chi connectivity index (χ4v) is 4.92. The van der Waals surface area contributed by atoms with Crippen LogP contribution in [0.4, 0.5) is 0 Å². The van der Waals surface area contributed by atoms with Crippen LogP contribution >= 0.6 is 27.7 Å². The van der Waals surface area contributed by atoms with Gasteiger partial charge in [0.2, 0.25) is 0 Å². The topological polar surface area (TPSA) is 78.4 Å². The first kappa shape index (κ1) is 23.8. The Morgan fingerprint density at radius 1 is 0.972 bits per heavy atom. The molecule has 1 N–H and O–H groups in total. The maximum absolute atomic E-state index is 13.3. The van der Waals surface area contributed by atoms with Gasteiger partial charge in [-0.15, -0.1) is 5.10 Å². The van der Waals surface area contributed by atoms with Crippen LogP contribution < -0.4 is 0 Å². The molecule has 1 aromatic heterocycles. The van der Waals surface area contributed by atoms with Crippen molar-refractivity contribution in [1.82, 2.24) is 4.90 Å². The number of rotatable bonds is 6. The van der Waals surface area contributed by atoms with Crippen LogP contribution in [0, 0.1) is 0 Å². The lowest BCUT2D eigenvalue weighted by molar-refractivity contribution is -0.122. The van der Waals surface area contributed by atoms with Gasteiger partial charge in [-0.2, -0.15) is 5.10 Å². The van der Waals surface area contributed by atoms with E-state index in [1.807, 2.05) is 54.6 Å². The van der Waals surface area contributed by atoms with Crippen molar-refractivity contribution in [2.45, 2.75) is 6.54 Å². The third-order valence-electron chi connectivity index (χ3n) is 5.43. The van der Waals surface area contributed by atoms with E-state index in [9.17, 15) is 9.90 Å². The van der Waals surface area contributed by atoms with E-state index in [-0.39, 0.29) is 18.2 Å². The summed E-state index contributed by atoms with van der Waals surface area (Å²) >= 11 is 4.63. The largest absolute Gasteiger partial charge is 0.507 e. The maximum atomic E-state index is 13.3. The number of amides is 1. The number of thioether (sulfide) groups is 1. The molecule has 1 fully saturated rings. The summed E-state index contributed by atoms with van der Waals surface area (Å²) in [5, 5.41) is 18.9. The van der Waals surface area contributed by atoms with Crippen LogP contribution in [0.3, 0.4) is 0 Å². The molecule has 0 aliphatic carbocycles. The van der Waals surface area contributed by atoms with Crippen molar-refractivity contribution in [2.24, 2.45) is 10.2 Å². The molecule has 0 radical (unpaired) electrons. The molecule has 4 aromatic rings. The number of benzene rings is 3. The molecular weight excluding hydrogens is 538 g/mol. The van der Waals surface area contributed by atoms with E-state index in [4.69, 9.17) is 4.42 Å². The Morgan fingerprint density at radius 2 is 1.75 bits per heavy atom. The standard InChI is InChI=1S/C28H20BrN3O3S/c29-23-12-13-25(33)22(16-23)17-30-31-28-32(18-24-7-4-14-35-24)27(34)26(36-28)15-19-8-10-21(11-9-19)20-5-2-1-3-6-20/h1-17,33H,18H2/b26-15-,30-17+,31-28-. The first-order chi connectivity index (χ1) is 17.6. The number of carbonyl (C=O) groups excluding carboxylic acids is 1. The van der Waals surface area contributed by atoms with Gasteiger partial charge in [-0.3, -0.25) is 9.69 Å². The van der Waals surface area contributed by atoms with Crippen molar-refractivity contribution in [3.8, 4) is 16.9 Å². The predicted octanol–water partition coefficient (Wildman–Crippen LogP) is 6.92. The third-order valence-corrected chi connectivity index (χ3v) is 6.92. The molecule has 6 nitrogen and oxygen atoms in total. The fraction of sp³-hybridized carbons (Fsp3) is 0.0357. The van der Waals surface area contributed by atoms with Gasteiger partial charge >= 0.3 is 0 Å². The third kappa shape index (κ3) is 5.50. The number of carbonyl (C=O) groups is 1. The number of phenolic OH excluding ortho intramolecular Hbond substituents is 1. The summed E-state index contributed by atoms with van der Waals surface area (Å²) in [7, 11) is 0. The molecule has 0 spiro atoms. The summed E-state index contributed by atoms with van der Waals surface area (Å²) in [6, 6.07) is 26.8. The zero-order valence-electron chi connectivity index (χ0n) is 18.9. The molecule has 2 heterocycles. The van der Waals surface area contributed by atoms with Crippen molar-refractivity contribution < 1.29 is 14.3 Å². The van der Waals surface area contributed by atoms with Crippen molar-refractivity contribution in [3.05, 3.63) is 117 Å². The van der Waals surface area contributed by atoms with Crippen molar-refractivity contribution in [3.63, 3.8) is 0 Å². The van der Waals surface area contributed by atoms with E-state index in [0.717, 1.165) is 21.2 Å². The van der Waals surface area contributed by atoms with Gasteiger partial charge in [0.15, 0.2) is 5.17 Å². The number of hydrogen-bond donors (Lipinski definition) is 1. The fourth-order valence-electron chi connectivity index (χ4n) is 3.60. The first-order valence-electron chi connectivity index (χ1n) is 11.1. The second-order valence-electron chi connectivity index (χ2n) is 7.90. The van der Waals surface area contributed by atoms with Crippen molar-refractivity contribution in [1.29, 1.82) is 0 Å². The average Bonchev–Trinajstić information content (AvgIpc) is 3.51. The van der Waals surface area contributed by atoms with Crippen molar-refractivity contribution in [2.75, 3.05) is 0 Å². The second kappa shape index (κ2) is 10.8. The number of furan rings is 1. The molecule has 1 saturated heterocycles. The number of aromatic hydroxyl groups is 1. The number of phenols is 1. The minimum Gasteiger partial charge on any atom is -0.507 e. The van der Waals surface area contributed by atoms with Crippen LogP contribution in [0.25, 0.3) is 17.2 Å². The van der Waals surface area contributed by atoms with Crippen molar-refractivity contribution >= 4 is 51.1 Å². The maximum Gasteiger partial charge on any atom is 0.267 e. The van der Waals surface area contributed by atoms with Gasteiger partial charge in [0.25, 0.3) is 5.91 Å². The van der Waals surface area contributed by atoms with Gasteiger partial charge < -0.3 is 9.52 Å². The highest BCUT2D eigenvalue weighted by atomic mass is 79.9. The molecule has 3 aromatic carbocycles. The zero-order valence-corrected chi connectivity index (χ0v) is 21.3. The average molecular weight is 558 g/mol.